The summed E-state index contributed by atoms with van der Waals surface area (Å²) >= 11 is 0. The average Bonchev–Trinajstić information content (AvgIpc) is 2.38. The molecule has 112 valence electrons. The van der Waals surface area contributed by atoms with Crippen molar-refractivity contribution in [3.63, 3.8) is 0 Å². The number of carbonyl (C=O) groups excluding carboxylic acids is 1. The molecule has 0 aliphatic carbocycles. The topological polar surface area (TPSA) is 83.6 Å². The predicted molar refractivity (Wildman–Crippen MR) is 76.2 cm³/mol. The van der Waals surface area contributed by atoms with Gasteiger partial charge >= 0.3 is 6.09 Å². The fourth-order valence-corrected chi connectivity index (χ4v) is 2.13. The monoisotopic (exact) mass is 272 g/mol. The minimum absolute atomic E-state index is 0.110. The summed E-state index contributed by atoms with van der Waals surface area (Å²) in [7, 11) is 0. The van der Waals surface area contributed by atoms with Gasteiger partial charge in [-0.1, -0.05) is 45.4 Å². The van der Waals surface area contributed by atoms with Gasteiger partial charge < -0.3 is 15.6 Å². The summed E-state index contributed by atoms with van der Waals surface area (Å²) < 4.78 is 0. The molecule has 0 aliphatic heterocycles. The van der Waals surface area contributed by atoms with Crippen LogP contribution in [0.15, 0.2) is 0 Å². The molecule has 0 fully saturated rings. The van der Waals surface area contributed by atoms with E-state index in [1.807, 2.05) is 0 Å². The number of carboxylic acid groups (broad SMARTS) is 1. The zero-order valence-corrected chi connectivity index (χ0v) is 12.2. The lowest BCUT2D eigenvalue weighted by atomic mass is 10.0. The van der Waals surface area contributed by atoms with E-state index in [9.17, 15) is 9.59 Å². The summed E-state index contributed by atoms with van der Waals surface area (Å²) in [6.07, 6.45) is 7.45. The smallest absolute Gasteiger partial charge is 0.407 e. The second-order valence-electron chi connectivity index (χ2n) is 5.06. The van der Waals surface area contributed by atoms with E-state index < -0.39 is 6.09 Å². The van der Waals surface area contributed by atoms with Crippen LogP contribution in [0, 0.1) is 0 Å². The number of hydrogen-bond donors (Lipinski definition) is 2. The molecule has 0 bridgehead atoms. The summed E-state index contributed by atoms with van der Waals surface area (Å²) in [5, 5.41) is 9.00. The molecule has 5 nitrogen and oxygen atoms in total. The Labute approximate surface area is 116 Å². The van der Waals surface area contributed by atoms with Gasteiger partial charge in [0.1, 0.15) is 6.29 Å². The van der Waals surface area contributed by atoms with E-state index in [1.165, 1.54) is 25.7 Å². The van der Waals surface area contributed by atoms with Crippen LogP contribution in [0.25, 0.3) is 0 Å². The van der Waals surface area contributed by atoms with Crippen LogP contribution in [-0.2, 0) is 4.79 Å². The van der Waals surface area contributed by atoms with Gasteiger partial charge in [-0.15, -0.1) is 0 Å². The summed E-state index contributed by atoms with van der Waals surface area (Å²) in [5.74, 6) is 0. The van der Waals surface area contributed by atoms with Crippen LogP contribution in [0.1, 0.15) is 58.8 Å². The fourth-order valence-electron chi connectivity index (χ4n) is 2.13. The third-order valence-corrected chi connectivity index (χ3v) is 3.52. The van der Waals surface area contributed by atoms with Crippen LogP contribution >= 0.6 is 0 Å². The Morgan fingerprint density at radius 2 is 1.84 bits per heavy atom. The van der Waals surface area contributed by atoms with Gasteiger partial charge in [0.05, 0.1) is 6.54 Å². The molecular weight excluding hydrogens is 244 g/mol. The molecule has 0 heterocycles. The van der Waals surface area contributed by atoms with Crippen molar-refractivity contribution in [2.24, 2.45) is 5.73 Å². The molecule has 3 N–H and O–H groups in total. The van der Waals surface area contributed by atoms with E-state index in [-0.39, 0.29) is 18.6 Å². The number of unbranched alkanes of at least 4 members (excludes halogenated alkanes) is 5. The Kier molecular flexibility index (Phi) is 10.2. The maximum atomic E-state index is 11.0. The van der Waals surface area contributed by atoms with E-state index in [0.717, 1.165) is 24.2 Å². The van der Waals surface area contributed by atoms with Crippen LogP contribution in [0.3, 0.4) is 0 Å². The Balaban J connectivity index is 3.93. The van der Waals surface area contributed by atoms with Crippen molar-refractivity contribution in [1.82, 2.24) is 4.90 Å². The summed E-state index contributed by atoms with van der Waals surface area (Å²) in [6.45, 7) is 3.84. The first-order chi connectivity index (χ1) is 9.04. The van der Waals surface area contributed by atoms with Crippen LogP contribution in [0.4, 0.5) is 4.79 Å². The fraction of sp³-hybridized carbons (Fsp3) is 0.857. The molecule has 0 aromatic carbocycles. The first kappa shape index (κ1) is 17.9. The Morgan fingerprint density at radius 1 is 1.26 bits per heavy atom. The van der Waals surface area contributed by atoms with Crippen molar-refractivity contribution in [2.75, 3.05) is 6.54 Å². The Bertz CT molecular complexity index is 259. The Morgan fingerprint density at radius 3 is 2.37 bits per heavy atom. The van der Waals surface area contributed by atoms with Crippen molar-refractivity contribution < 1.29 is 14.7 Å². The quantitative estimate of drug-likeness (QED) is 0.447. The third-order valence-electron chi connectivity index (χ3n) is 3.52. The van der Waals surface area contributed by atoms with Gasteiger partial charge in [0.15, 0.2) is 0 Å². The normalized spacial score (nSPS) is 13.8. The number of amides is 1. The number of carbonyl (C=O) groups is 2. The zero-order valence-electron chi connectivity index (χ0n) is 12.2. The lowest BCUT2D eigenvalue weighted by molar-refractivity contribution is -0.109. The van der Waals surface area contributed by atoms with E-state index in [1.54, 1.807) is 6.92 Å². The number of aldehydes is 1. The van der Waals surface area contributed by atoms with Crippen LogP contribution in [0.2, 0.25) is 0 Å². The van der Waals surface area contributed by atoms with Gasteiger partial charge in [-0.2, -0.15) is 0 Å². The molecule has 0 saturated carbocycles. The van der Waals surface area contributed by atoms with Gasteiger partial charge in [-0.3, -0.25) is 4.90 Å². The molecule has 1 amide bonds. The molecule has 0 aliphatic rings. The highest BCUT2D eigenvalue weighted by molar-refractivity contribution is 5.69. The Hall–Kier alpha value is -1.10. The first-order valence-corrected chi connectivity index (χ1v) is 7.23. The van der Waals surface area contributed by atoms with Crippen LogP contribution in [-0.4, -0.2) is 41.0 Å². The number of nitrogens with two attached hydrogens (primary N) is 1. The zero-order chi connectivity index (χ0) is 14.7. The summed E-state index contributed by atoms with van der Waals surface area (Å²) in [6, 6.07) is -0.527. The van der Waals surface area contributed by atoms with Crippen LogP contribution < -0.4 is 5.73 Å². The third kappa shape index (κ3) is 7.82. The second kappa shape index (κ2) is 10.8. The van der Waals surface area contributed by atoms with Gasteiger partial charge in [0.2, 0.25) is 0 Å². The van der Waals surface area contributed by atoms with Gasteiger partial charge in [-0.05, 0) is 13.3 Å². The molecule has 0 aromatic rings. The highest BCUT2D eigenvalue weighted by Crippen LogP contribution is 2.12. The molecule has 0 aromatic heterocycles. The molecule has 5 heteroatoms. The minimum Gasteiger partial charge on any atom is -0.465 e. The van der Waals surface area contributed by atoms with Crippen molar-refractivity contribution in [1.29, 1.82) is 0 Å². The number of rotatable bonds is 11. The van der Waals surface area contributed by atoms with E-state index >= 15 is 0 Å². The van der Waals surface area contributed by atoms with Crippen molar-refractivity contribution in [2.45, 2.75) is 70.9 Å². The molecule has 0 saturated heterocycles. The van der Waals surface area contributed by atoms with Gasteiger partial charge in [0.25, 0.3) is 0 Å². The van der Waals surface area contributed by atoms with E-state index in [0.29, 0.717) is 6.29 Å². The summed E-state index contributed by atoms with van der Waals surface area (Å²) in [4.78, 5) is 22.6. The maximum absolute atomic E-state index is 11.0. The van der Waals surface area contributed by atoms with E-state index in [2.05, 4.69) is 6.92 Å². The lowest BCUT2D eigenvalue weighted by Crippen LogP contribution is -2.49. The van der Waals surface area contributed by atoms with Gasteiger partial charge in [0, 0.05) is 12.1 Å². The van der Waals surface area contributed by atoms with Crippen molar-refractivity contribution in [3.05, 3.63) is 0 Å². The minimum atomic E-state index is -1.09. The second-order valence-corrected chi connectivity index (χ2v) is 5.06. The van der Waals surface area contributed by atoms with Crippen LogP contribution in [0.5, 0.6) is 0 Å². The van der Waals surface area contributed by atoms with Gasteiger partial charge in [-0.25, -0.2) is 4.79 Å². The molecule has 0 spiro atoms. The molecule has 0 radical (unpaired) electrons. The largest absolute Gasteiger partial charge is 0.465 e. The highest BCUT2D eigenvalue weighted by Gasteiger charge is 2.23. The number of hydrogen-bond acceptors (Lipinski definition) is 3. The van der Waals surface area contributed by atoms with Crippen molar-refractivity contribution in [3.8, 4) is 0 Å². The number of nitrogens with zero attached hydrogens (tertiary/aromatic N) is 1. The molecular formula is C14H28N2O3. The SMILES string of the molecule is CCCCCCCCC(N)C(C)N(CC=O)C(=O)O. The highest BCUT2D eigenvalue weighted by atomic mass is 16.4. The van der Waals surface area contributed by atoms with Crippen molar-refractivity contribution >= 4 is 12.4 Å². The average molecular weight is 272 g/mol. The predicted octanol–water partition coefficient (Wildman–Crippen LogP) is 2.63. The maximum Gasteiger partial charge on any atom is 0.407 e. The molecule has 2 atom stereocenters. The molecule has 0 rings (SSSR count). The molecule has 2 unspecified atom stereocenters. The standard InChI is InChI=1S/C14H28N2O3/c1-3-4-5-6-7-8-9-13(15)12(2)16(10-11-17)14(18)19/h11-13H,3-10,15H2,1-2H3,(H,18,19). The molecule has 19 heavy (non-hydrogen) atoms. The lowest BCUT2D eigenvalue weighted by Gasteiger charge is -2.29. The van der Waals surface area contributed by atoms with E-state index in [4.69, 9.17) is 10.8 Å². The summed E-state index contributed by atoms with van der Waals surface area (Å²) in [5.41, 5.74) is 6.01. The first-order valence-electron chi connectivity index (χ1n) is 7.23.